The summed E-state index contributed by atoms with van der Waals surface area (Å²) in [6, 6.07) is 1.76. The van der Waals surface area contributed by atoms with Gasteiger partial charge in [0.25, 0.3) is 0 Å². The molecule has 0 radical (unpaired) electrons. The first-order chi connectivity index (χ1) is 8.96. The van der Waals surface area contributed by atoms with Crippen molar-refractivity contribution in [1.29, 1.82) is 0 Å². The summed E-state index contributed by atoms with van der Waals surface area (Å²) in [5, 5.41) is 3.16. The summed E-state index contributed by atoms with van der Waals surface area (Å²) in [6.07, 6.45) is 1.78. The topological polar surface area (TPSA) is 82.3 Å². The van der Waals surface area contributed by atoms with Crippen LogP contribution in [0, 0.1) is 0 Å². The van der Waals surface area contributed by atoms with E-state index in [1.807, 2.05) is 13.8 Å². The van der Waals surface area contributed by atoms with Crippen molar-refractivity contribution in [2.45, 2.75) is 39.2 Å². The van der Waals surface area contributed by atoms with Crippen LogP contribution in [0.15, 0.2) is 6.07 Å². The molecule has 3 N–H and O–H groups in total. The van der Waals surface area contributed by atoms with Gasteiger partial charge in [0.05, 0.1) is 12.2 Å². The maximum Gasteiger partial charge on any atom is 0.225 e. The number of nitrogens with two attached hydrogens (primary N) is 1. The van der Waals surface area contributed by atoms with E-state index in [2.05, 4.69) is 22.2 Å². The predicted octanol–water partition coefficient (Wildman–Crippen LogP) is 2.07. The smallest absolute Gasteiger partial charge is 0.225 e. The normalized spacial score (nSPS) is 11.4. The summed E-state index contributed by atoms with van der Waals surface area (Å²) in [5.74, 6) is 1.38. The molecule has 0 aliphatic carbocycles. The Kier molecular flexibility index (Phi) is 5.82. The Labute approximate surface area is 114 Å². The predicted molar refractivity (Wildman–Crippen MR) is 76.4 cm³/mol. The second kappa shape index (κ2) is 7.13. The Balaban J connectivity index is 2.55. The van der Waals surface area contributed by atoms with Gasteiger partial charge in [0.1, 0.15) is 5.82 Å². The van der Waals surface area contributed by atoms with Crippen LogP contribution in [0.1, 0.15) is 33.6 Å². The van der Waals surface area contributed by atoms with Crippen LogP contribution in [0.4, 0.5) is 11.8 Å². The van der Waals surface area contributed by atoms with E-state index in [1.165, 1.54) is 0 Å². The van der Waals surface area contributed by atoms with E-state index in [-0.39, 0.29) is 11.5 Å². The van der Waals surface area contributed by atoms with Crippen LogP contribution in [-0.4, -0.2) is 35.8 Å². The van der Waals surface area contributed by atoms with Crippen molar-refractivity contribution in [2.24, 2.45) is 0 Å². The van der Waals surface area contributed by atoms with Crippen LogP contribution < -0.4 is 15.8 Å². The first kappa shape index (κ1) is 15.5. The first-order valence-electron chi connectivity index (χ1n) is 6.53. The molecule has 0 unspecified atom stereocenters. The molecule has 108 valence electrons. The zero-order chi connectivity index (χ0) is 14.3. The fourth-order valence-electron chi connectivity index (χ4n) is 1.36. The van der Waals surface area contributed by atoms with Gasteiger partial charge >= 0.3 is 0 Å². The summed E-state index contributed by atoms with van der Waals surface area (Å²) in [7, 11) is 1.69. The molecular weight excluding hydrogens is 244 g/mol. The van der Waals surface area contributed by atoms with Crippen molar-refractivity contribution in [1.82, 2.24) is 9.97 Å². The zero-order valence-corrected chi connectivity index (χ0v) is 12.2. The SMILES string of the molecule is CCCNc1cc(OCCC(C)(C)OC)nc(N)n1. The molecule has 1 rings (SSSR count). The van der Waals surface area contributed by atoms with Crippen LogP contribution in [0.5, 0.6) is 5.88 Å². The average Bonchev–Trinajstić information content (AvgIpc) is 2.35. The second-order valence-electron chi connectivity index (χ2n) is 4.94. The van der Waals surface area contributed by atoms with Gasteiger partial charge in [-0.1, -0.05) is 6.92 Å². The Morgan fingerprint density at radius 2 is 2.11 bits per heavy atom. The molecule has 0 atom stereocenters. The number of nitrogens with one attached hydrogen (secondary N) is 1. The van der Waals surface area contributed by atoms with Gasteiger partial charge in [-0.25, -0.2) is 0 Å². The first-order valence-corrected chi connectivity index (χ1v) is 6.53. The molecule has 0 bridgehead atoms. The minimum atomic E-state index is -0.206. The van der Waals surface area contributed by atoms with Crippen LogP contribution in [-0.2, 0) is 4.74 Å². The van der Waals surface area contributed by atoms with Gasteiger partial charge in [0.2, 0.25) is 11.8 Å². The number of rotatable bonds is 8. The monoisotopic (exact) mass is 268 g/mol. The highest BCUT2D eigenvalue weighted by atomic mass is 16.5. The van der Waals surface area contributed by atoms with Crippen molar-refractivity contribution < 1.29 is 9.47 Å². The Hall–Kier alpha value is -1.56. The molecule has 0 amide bonds. The minimum absolute atomic E-state index is 0.206. The highest BCUT2D eigenvalue weighted by molar-refractivity contribution is 5.42. The third-order valence-electron chi connectivity index (χ3n) is 2.78. The highest BCUT2D eigenvalue weighted by Gasteiger charge is 2.16. The lowest BCUT2D eigenvalue weighted by Gasteiger charge is -2.22. The Morgan fingerprint density at radius 1 is 1.37 bits per heavy atom. The molecule has 6 nitrogen and oxygen atoms in total. The number of methoxy groups -OCH3 is 1. The molecule has 0 spiro atoms. The van der Waals surface area contributed by atoms with E-state index in [1.54, 1.807) is 13.2 Å². The molecule has 0 fully saturated rings. The van der Waals surface area contributed by atoms with Crippen molar-refractivity contribution in [3.8, 4) is 5.88 Å². The quantitative estimate of drug-likeness (QED) is 0.751. The molecule has 1 aromatic rings. The Bertz CT molecular complexity index is 396. The van der Waals surface area contributed by atoms with Gasteiger partial charge in [0.15, 0.2) is 0 Å². The third kappa shape index (κ3) is 5.74. The molecule has 1 aromatic heterocycles. The maximum atomic E-state index is 5.65. The second-order valence-corrected chi connectivity index (χ2v) is 4.94. The van der Waals surface area contributed by atoms with E-state index >= 15 is 0 Å². The Morgan fingerprint density at radius 3 is 2.74 bits per heavy atom. The van der Waals surface area contributed by atoms with Gasteiger partial charge in [-0.15, -0.1) is 0 Å². The standard InChI is InChI=1S/C13H24N4O2/c1-5-7-15-10-9-11(17-12(14)16-10)19-8-6-13(2,3)18-4/h9H,5-8H2,1-4H3,(H3,14,15,16,17). The van der Waals surface area contributed by atoms with Crippen molar-refractivity contribution in [3.05, 3.63) is 6.07 Å². The summed E-state index contributed by atoms with van der Waals surface area (Å²) < 4.78 is 10.9. The molecule has 0 aromatic carbocycles. The van der Waals surface area contributed by atoms with Gasteiger partial charge in [-0.3, -0.25) is 0 Å². The lowest BCUT2D eigenvalue weighted by atomic mass is 10.1. The zero-order valence-electron chi connectivity index (χ0n) is 12.2. The van der Waals surface area contributed by atoms with Crippen LogP contribution in [0.3, 0.4) is 0 Å². The number of ether oxygens (including phenoxy) is 2. The number of hydrogen-bond donors (Lipinski definition) is 2. The van der Waals surface area contributed by atoms with E-state index in [4.69, 9.17) is 15.2 Å². The van der Waals surface area contributed by atoms with Gasteiger partial charge in [0, 0.05) is 26.1 Å². The molecule has 19 heavy (non-hydrogen) atoms. The fraction of sp³-hybridized carbons (Fsp3) is 0.692. The summed E-state index contributed by atoms with van der Waals surface area (Å²) in [6.45, 7) is 7.47. The molecule has 0 saturated heterocycles. The number of nitrogen functional groups attached to an aromatic ring is 1. The molecule has 6 heteroatoms. The molecule has 1 heterocycles. The largest absolute Gasteiger partial charge is 0.477 e. The lowest BCUT2D eigenvalue weighted by molar-refractivity contribution is 0.00510. The molecule has 0 aliphatic heterocycles. The molecular formula is C13H24N4O2. The maximum absolute atomic E-state index is 5.65. The summed E-state index contributed by atoms with van der Waals surface area (Å²) >= 11 is 0. The van der Waals surface area contributed by atoms with Crippen molar-refractivity contribution in [3.63, 3.8) is 0 Å². The lowest BCUT2D eigenvalue weighted by Crippen LogP contribution is -2.25. The van der Waals surface area contributed by atoms with Gasteiger partial charge in [-0.2, -0.15) is 9.97 Å². The fourth-order valence-corrected chi connectivity index (χ4v) is 1.36. The molecule has 0 aliphatic rings. The minimum Gasteiger partial charge on any atom is -0.477 e. The van der Waals surface area contributed by atoms with Gasteiger partial charge < -0.3 is 20.5 Å². The number of aromatic nitrogens is 2. The van der Waals surface area contributed by atoms with Crippen molar-refractivity contribution >= 4 is 11.8 Å². The van der Waals surface area contributed by atoms with Crippen molar-refractivity contribution in [2.75, 3.05) is 31.3 Å². The van der Waals surface area contributed by atoms with Crippen LogP contribution in [0.25, 0.3) is 0 Å². The highest BCUT2D eigenvalue weighted by Crippen LogP contribution is 2.17. The van der Waals surface area contributed by atoms with E-state index in [9.17, 15) is 0 Å². The molecule has 0 saturated carbocycles. The number of anilines is 2. The van der Waals surface area contributed by atoms with E-state index < -0.39 is 0 Å². The van der Waals surface area contributed by atoms with E-state index in [0.717, 1.165) is 19.4 Å². The van der Waals surface area contributed by atoms with Crippen LogP contribution in [0.2, 0.25) is 0 Å². The summed E-state index contributed by atoms with van der Waals surface area (Å²) in [5.41, 5.74) is 5.44. The average molecular weight is 268 g/mol. The summed E-state index contributed by atoms with van der Waals surface area (Å²) in [4.78, 5) is 8.15. The van der Waals surface area contributed by atoms with Crippen LogP contribution >= 0.6 is 0 Å². The third-order valence-corrected chi connectivity index (χ3v) is 2.78. The van der Waals surface area contributed by atoms with E-state index in [0.29, 0.717) is 18.3 Å². The van der Waals surface area contributed by atoms with Gasteiger partial charge in [-0.05, 0) is 20.3 Å². The number of hydrogen-bond acceptors (Lipinski definition) is 6. The number of nitrogens with zero attached hydrogens (tertiary/aromatic N) is 2.